The van der Waals surface area contributed by atoms with Crippen LogP contribution in [0.3, 0.4) is 0 Å². The summed E-state index contributed by atoms with van der Waals surface area (Å²) in [5.74, 6) is 0.670. The molecule has 3 N–H and O–H groups in total. The maximum absolute atomic E-state index is 5.83. The maximum Gasteiger partial charge on any atom is 0.141 e. The molecule has 21 heavy (non-hydrogen) atoms. The van der Waals surface area contributed by atoms with Crippen LogP contribution in [0.1, 0.15) is 5.56 Å². The van der Waals surface area contributed by atoms with E-state index >= 15 is 0 Å². The van der Waals surface area contributed by atoms with Crippen molar-refractivity contribution in [3.05, 3.63) is 64.6 Å². The van der Waals surface area contributed by atoms with Gasteiger partial charge in [-0.1, -0.05) is 46.3 Å². The zero-order valence-corrected chi connectivity index (χ0v) is 13.4. The largest absolute Gasteiger partial charge is 0.389 e. The summed E-state index contributed by atoms with van der Waals surface area (Å²) in [7, 11) is 0. The maximum atomic E-state index is 5.83. The summed E-state index contributed by atoms with van der Waals surface area (Å²) in [6.45, 7) is 0. The highest BCUT2D eigenvalue weighted by atomic mass is 79.9. The van der Waals surface area contributed by atoms with Crippen LogP contribution in [0.5, 0.6) is 0 Å². The molecule has 3 rings (SSSR count). The Bertz CT molecular complexity index is 815. The molecule has 0 saturated heterocycles. The standard InChI is InChI=1S/C16H12BrN3S/c17-11-5-7-12(8-6-11)19-16-13(15(18)21)9-10-3-1-2-4-14(10)20-16/h1-9H,(H2,18,21)(H,19,20). The highest BCUT2D eigenvalue weighted by Crippen LogP contribution is 2.24. The summed E-state index contributed by atoms with van der Waals surface area (Å²) >= 11 is 8.56. The Morgan fingerprint density at radius 1 is 1.10 bits per heavy atom. The number of rotatable bonds is 3. The monoisotopic (exact) mass is 357 g/mol. The van der Waals surface area contributed by atoms with Gasteiger partial charge in [-0.3, -0.25) is 0 Å². The molecule has 0 aliphatic rings. The van der Waals surface area contributed by atoms with E-state index in [1.54, 1.807) is 0 Å². The van der Waals surface area contributed by atoms with Crippen LogP contribution in [0.2, 0.25) is 0 Å². The van der Waals surface area contributed by atoms with Gasteiger partial charge in [0.2, 0.25) is 0 Å². The van der Waals surface area contributed by atoms with E-state index in [1.807, 2.05) is 54.6 Å². The van der Waals surface area contributed by atoms with E-state index in [1.165, 1.54) is 0 Å². The van der Waals surface area contributed by atoms with Gasteiger partial charge >= 0.3 is 0 Å². The number of benzene rings is 2. The van der Waals surface area contributed by atoms with Crippen LogP contribution in [0, 0.1) is 0 Å². The van der Waals surface area contributed by atoms with Crippen molar-refractivity contribution in [2.24, 2.45) is 5.73 Å². The number of thiocarbonyl (C=S) groups is 1. The molecule has 0 amide bonds. The first-order valence-electron chi connectivity index (χ1n) is 6.36. The highest BCUT2D eigenvalue weighted by Gasteiger charge is 2.09. The third-order valence-corrected chi connectivity index (χ3v) is 3.84. The van der Waals surface area contributed by atoms with Gasteiger partial charge < -0.3 is 11.1 Å². The lowest BCUT2D eigenvalue weighted by Crippen LogP contribution is -2.13. The average molecular weight is 358 g/mol. The molecule has 3 nitrogen and oxygen atoms in total. The minimum absolute atomic E-state index is 0.327. The van der Waals surface area contributed by atoms with Crippen LogP contribution in [0.25, 0.3) is 10.9 Å². The van der Waals surface area contributed by atoms with Crippen molar-refractivity contribution in [3.8, 4) is 0 Å². The molecule has 0 saturated carbocycles. The van der Waals surface area contributed by atoms with E-state index in [4.69, 9.17) is 18.0 Å². The van der Waals surface area contributed by atoms with Crippen LogP contribution in [0.4, 0.5) is 11.5 Å². The summed E-state index contributed by atoms with van der Waals surface area (Å²) in [6, 6.07) is 17.7. The Morgan fingerprint density at radius 3 is 2.52 bits per heavy atom. The normalized spacial score (nSPS) is 10.5. The quantitative estimate of drug-likeness (QED) is 0.683. The fourth-order valence-corrected chi connectivity index (χ4v) is 2.49. The lowest BCUT2D eigenvalue weighted by Gasteiger charge is -2.12. The molecule has 0 atom stereocenters. The van der Waals surface area contributed by atoms with Crippen LogP contribution < -0.4 is 11.1 Å². The topological polar surface area (TPSA) is 50.9 Å². The van der Waals surface area contributed by atoms with Crippen LogP contribution in [0.15, 0.2) is 59.1 Å². The lowest BCUT2D eigenvalue weighted by atomic mass is 10.1. The number of pyridine rings is 1. The molecule has 2 aromatic carbocycles. The Morgan fingerprint density at radius 2 is 1.81 bits per heavy atom. The second-order valence-electron chi connectivity index (χ2n) is 4.57. The summed E-state index contributed by atoms with van der Waals surface area (Å²) in [5.41, 5.74) is 8.40. The molecule has 3 aromatic rings. The fourth-order valence-electron chi connectivity index (χ4n) is 2.07. The fraction of sp³-hybridized carbons (Fsp3) is 0. The van der Waals surface area contributed by atoms with E-state index in [0.717, 1.165) is 26.6 Å². The number of fused-ring (bicyclic) bond motifs is 1. The van der Waals surface area contributed by atoms with Gasteiger partial charge in [-0.2, -0.15) is 0 Å². The number of anilines is 2. The molecule has 0 bridgehead atoms. The van der Waals surface area contributed by atoms with E-state index < -0.39 is 0 Å². The minimum atomic E-state index is 0.327. The van der Waals surface area contributed by atoms with Gasteiger partial charge in [0.05, 0.1) is 11.1 Å². The Kier molecular flexibility index (Phi) is 3.86. The van der Waals surface area contributed by atoms with Gasteiger partial charge in [0, 0.05) is 15.5 Å². The number of nitrogens with two attached hydrogens (primary N) is 1. The average Bonchev–Trinajstić information content (AvgIpc) is 2.48. The van der Waals surface area contributed by atoms with Crippen LogP contribution in [-0.2, 0) is 0 Å². The van der Waals surface area contributed by atoms with Crippen molar-refractivity contribution >= 4 is 55.5 Å². The Hall–Kier alpha value is -1.98. The lowest BCUT2D eigenvalue weighted by molar-refractivity contribution is 1.36. The number of nitrogens with one attached hydrogen (secondary N) is 1. The highest BCUT2D eigenvalue weighted by molar-refractivity contribution is 9.10. The van der Waals surface area contributed by atoms with Gasteiger partial charge in [-0.25, -0.2) is 4.98 Å². The van der Waals surface area contributed by atoms with E-state index in [2.05, 4.69) is 26.2 Å². The first-order chi connectivity index (χ1) is 10.1. The first-order valence-corrected chi connectivity index (χ1v) is 7.56. The Balaban J connectivity index is 2.09. The number of nitrogens with zero attached hydrogens (tertiary/aromatic N) is 1. The predicted octanol–water partition coefficient (Wildman–Crippen LogP) is 4.38. The third-order valence-electron chi connectivity index (χ3n) is 3.10. The molecule has 0 radical (unpaired) electrons. The Labute approximate surface area is 136 Å². The summed E-state index contributed by atoms with van der Waals surface area (Å²) < 4.78 is 1.02. The van der Waals surface area contributed by atoms with Crippen molar-refractivity contribution in [2.75, 3.05) is 5.32 Å². The molecule has 5 heteroatoms. The zero-order chi connectivity index (χ0) is 14.8. The van der Waals surface area contributed by atoms with Gasteiger partial charge in [-0.05, 0) is 36.4 Å². The number of hydrogen-bond donors (Lipinski definition) is 2. The van der Waals surface area contributed by atoms with Gasteiger partial charge in [-0.15, -0.1) is 0 Å². The molecule has 1 heterocycles. The van der Waals surface area contributed by atoms with Gasteiger partial charge in [0.25, 0.3) is 0 Å². The van der Waals surface area contributed by atoms with Crippen molar-refractivity contribution in [2.45, 2.75) is 0 Å². The molecule has 0 aliphatic carbocycles. The molecule has 0 aliphatic heterocycles. The number of halogens is 1. The molecule has 0 unspecified atom stereocenters. The molecular formula is C16H12BrN3S. The van der Waals surface area contributed by atoms with E-state index in [-0.39, 0.29) is 0 Å². The number of hydrogen-bond acceptors (Lipinski definition) is 3. The van der Waals surface area contributed by atoms with E-state index in [0.29, 0.717) is 10.8 Å². The second kappa shape index (κ2) is 5.79. The summed E-state index contributed by atoms with van der Waals surface area (Å²) in [4.78, 5) is 4.95. The van der Waals surface area contributed by atoms with Crippen molar-refractivity contribution < 1.29 is 0 Å². The van der Waals surface area contributed by atoms with Crippen LogP contribution in [-0.4, -0.2) is 9.97 Å². The molecule has 0 fully saturated rings. The van der Waals surface area contributed by atoms with Crippen LogP contribution >= 0.6 is 28.1 Å². The minimum Gasteiger partial charge on any atom is -0.389 e. The van der Waals surface area contributed by atoms with E-state index in [9.17, 15) is 0 Å². The van der Waals surface area contributed by atoms with Gasteiger partial charge in [0.15, 0.2) is 0 Å². The van der Waals surface area contributed by atoms with Crippen molar-refractivity contribution in [1.29, 1.82) is 0 Å². The summed E-state index contributed by atoms with van der Waals surface area (Å²) in [6.07, 6.45) is 0. The summed E-state index contributed by atoms with van der Waals surface area (Å²) in [5, 5.41) is 4.29. The number of para-hydroxylation sites is 1. The smallest absolute Gasteiger partial charge is 0.141 e. The molecule has 0 spiro atoms. The SMILES string of the molecule is NC(=S)c1cc2ccccc2nc1Nc1ccc(Br)cc1. The van der Waals surface area contributed by atoms with Crippen molar-refractivity contribution in [1.82, 2.24) is 4.98 Å². The molecule has 1 aromatic heterocycles. The first kappa shape index (κ1) is 14.0. The zero-order valence-electron chi connectivity index (χ0n) is 11.0. The molecule has 104 valence electrons. The predicted molar refractivity (Wildman–Crippen MR) is 95.1 cm³/mol. The van der Waals surface area contributed by atoms with Crippen molar-refractivity contribution in [3.63, 3.8) is 0 Å². The third kappa shape index (κ3) is 3.04. The number of aromatic nitrogens is 1. The molecular weight excluding hydrogens is 346 g/mol. The van der Waals surface area contributed by atoms with Gasteiger partial charge in [0.1, 0.15) is 10.8 Å². The second-order valence-corrected chi connectivity index (χ2v) is 5.93.